The van der Waals surface area contributed by atoms with E-state index in [0.29, 0.717) is 0 Å². The topological polar surface area (TPSA) is 27.3 Å². The van der Waals surface area contributed by atoms with E-state index in [0.717, 1.165) is 52.0 Å². The Labute approximate surface area is 222 Å². The zero-order valence-electron chi connectivity index (χ0n) is 21.7. The van der Waals surface area contributed by atoms with Gasteiger partial charge in [0.2, 0.25) is 0 Å². The summed E-state index contributed by atoms with van der Waals surface area (Å²) in [7, 11) is 0. The second-order valence-electron chi connectivity index (χ2n) is 10.3. The zero-order valence-corrected chi connectivity index (χ0v) is 21.7. The fourth-order valence-electron chi connectivity index (χ4n) is 5.89. The molecule has 37 heavy (non-hydrogen) atoms. The number of hydrogen-bond donors (Lipinski definition) is 2. The number of benzene rings is 4. The van der Waals surface area contributed by atoms with Crippen LogP contribution in [-0.4, -0.2) is 42.7 Å². The van der Waals surface area contributed by atoms with Gasteiger partial charge in [-0.2, -0.15) is 0 Å². The van der Waals surface area contributed by atoms with Crippen molar-refractivity contribution in [2.75, 3.05) is 26.2 Å². The van der Waals surface area contributed by atoms with Crippen molar-refractivity contribution in [1.29, 1.82) is 0 Å². The number of rotatable bonds is 8. The molecular formula is C34H39N3. The molecule has 0 radical (unpaired) electrons. The summed E-state index contributed by atoms with van der Waals surface area (Å²) in [5.41, 5.74) is 5.41. The highest BCUT2D eigenvalue weighted by atomic mass is 15.3. The molecule has 190 valence electrons. The Hall–Kier alpha value is -3.24. The van der Waals surface area contributed by atoms with Gasteiger partial charge in [-0.3, -0.25) is 4.90 Å². The highest BCUT2D eigenvalue weighted by molar-refractivity contribution is 5.28. The normalized spacial score (nSPS) is 18.4. The summed E-state index contributed by atoms with van der Waals surface area (Å²) < 4.78 is 0. The lowest BCUT2D eigenvalue weighted by atomic mass is 9.74. The van der Waals surface area contributed by atoms with E-state index in [1.54, 1.807) is 0 Å². The maximum Gasteiger partial charge on any atom is 0.0450 e. The van der Waals surface area contributed by atoms with Crippen LogP contribution in [0, 0.1) is 0 Å². The van der Waals surface area contributed by atoms with E-state index in [1.165, 1.54) is 22.3 Å². The van der Waals surface area contributed by atoms with Gasteiger partial charge in [0.05, 0.1) is 0 Å². The number of nitrogens with zero attached hydrogens (tertiary/aromatic N) is 1. The van der Waals surface area contributed by atoms with Gasteiger partial charge in [-0.15, -0.1) is 0 Å². The lowest BCUT2D eigenvalue weighted by Crippen LogP contribution is -2.64. The lowest BCUT2D eigenvalue weighted by Gasteiger charge is -2.50. The Kier molecular flexibility index (Phi) is 8.81. The van der Waals surface area contributed by atoms with E-state index >= 15 is 0 Å². The molecule has 1 saturated heterocycles. The fraction of sp³-hybridized carbons (Fsp3) is 0.294. The highest BCUT2D eigenvalue weighted by Crippen LogP contribution is 2.33. The van der Waals surface area contributed by atoms with Gasteiger partial charge < -0.3 is 10.6 Å². The summed E-state index contributed by atoms with van der Waals surface area (Å²) in [5.74, 6) is 0. The van der Waals surface area contributed by atoms with Gasteiger partial charge in [-0.25, -0.2) is 0 Å². The molecule has 2 N–H and O–H groups in total. The van der Waals surface area contributed by atoms with Crippen molar-refractivity contribution in [2.24, 2.45) is 0 Å². The van der Waals surface area contributed by atoms with E-state index in [4.69, 9.17) is 0 Å². The molecule has 0 aliphatic carbocycles. The maximum absolute atomic E-state index is 4.05. The van der Waals surface area contributed by atoms with Crippen molar-refractivity contribution in [3.63, 3.8) is 0 Å². The molecule has 1 fully saturated rings. The molecule has 0 amide bonds. The van der Waals surface area contributed by atoms with Crippen molar-refractivity contribution in [3.05, 3.63) is 144 Å². The Bertz CT molecular complexity index is 1080. The van der Waals surface area contributed by atoms with Crippen LogP contribution < -0.4 is 10.6 Å². The third-order valence-electron chi connectivity index (χ3n) is 7.73. The van der Waals surface area contributed by atoms with Crippen LogP contribution in [-0.2, 0) is 25.8 Å². The van der Waals surface area contributed by atoms with Crippen LogP contribution in [0.3, 0.4) is 0 Å². The Morgan fingerprint density at radius 3 is 1.59 bits per heavy atom. The predicted molar refractivity (Wildman–Crippen MR) is 155 cm³/mol. The molecule has 5 rings (SSSR count). The number of nitrogens with one attached hydrogen (secondary N) is 2. The lowest BCUT2D eigenvalue weighted by molar-refractivity contribution is 0.0446. The Balaban J connectivity index is 1.64. The highest BCUT2D eigenvalue weighted by Gasteiger charge is 2.44. The van der Waals surface area contributed by atoms with Crippen molar-refractivity contribution in [1.82, 2.24) is 15.5 Å². The van der Waals surface area contributed by atoms with Gasteiger partial charge in [0.1, 0.15) is 0 Å². The summed E-state index contributed by atoms with van der Waals surface area (Å²) in [6, 6.07) is 44.5. The minimum absolute atomic E-state index is 0.125. The van der Waals surface area contributed by atoms with Crippen molar-refractivity contribution in [3.8, 4) is 0 Å². The largest absolute Gasteiger partial charge is 0.314 e. The molecule has 0 spiro atoms. The van der Waals surface area contributed by atoms with E-state index in [2.05, 4.69) is 137 Å². The predicted octanol–water partition coefficient (Wildman–Crippen LogP) is 5.52. The summed E-state index contributed by atoms with van der Waals surface area (Å²) in [4.78, 5) is 2.78. The van der Waals surface area contributed by atoms with Crippen molar-refractivity contribution < 1.29 is 0 Å². The maximum atomic E-state index is 4.05. The van der Waals surface area contributed by atoms with Crippen LogP contribution in [0.2, 0.25) is 0 Å². The molecule has 0 bridgehead atoms. The van der Waals surface area contributed by atoms with Crippen LogP contribution in [0.4, 0.5) is 0 Å². The van der Waals surface area contributed by atoms with Gasteiger partial charge >= 0.3 is 0 Å². The van der Waals surface area contributed by atoms with Gasteiger partial charge in [-0.1, -0.05) is 121 Å². The molecule has 0 aromatic heterocycles. The zero-order chi connectivity index (χ0) is 25.2. The molecule has 1 heterocycles. The second-order valence-corrected chi connectivity index (χ2v) is 10.3. The molecule has 4 aromatic carbocycles. The minimum Gasteiger partial charge on any atom is -0.314 e. The second kappa shape index (κ2) is 12.8. The molecule has 1 atom stereocenters. The van der Waals surface area contributed by atoms with Gasteiger partial charge in [0.15, 0.2) is 0 Å². The minimum atomic E-state index is -0.125. The molecule has 3 nitrogen and oxygen atoms in total. The summed E-state index contributed by atoms with van der Waals surface area (Å²) in [6.45, 7) is 4.85. The van der Waals surface area contributed by atoms with E-state index in [-0.39, 0.29) is 11.6 Å². The molecule has 3 heteroatoms. The Morgan fingerprint density at radius 1 is 0.568 bits per heavy atom. The SMILES string of the molecule is c1ccc(CC2NCCNCCN(Cc3ccccc3)C2(Cc2ccccc2)Cc2ccccc2)cc1. The molecule has 1 aliphatic heterocycles. The van der Waals surface area contributed by atoms with Gasteiger partial charge in [0.25, 0.3) is 0 Å². The quantitative estimate of drug-likeness (QED) is 0.341. The number of hydrogen-bond acceptors (Lipinski definition) is 3. The first kappa shape index (κ1) is 25.4. The van der Waals surface area contributed by atoms with Crippen LogP contribution in [0.5, 0.6) is 0 Å². The average molecular weight is 490 g/mol. The first-order valence-electron chi connectivity index (χ1n) is 13.7. The van der Waals surface area contributed by atoms with Crippen LogP contribution >= 0.6 is 0 Å². The smallest absolute Gasteiger partial charge is 0.0450 e. The molecule has 4 aromatic rings. The molecule has 1 unspecified atom stereocenters. The van der Waals surface area contributed by atoms with E-state index in [1.807, 2.05) is 0 Å². The van der Waals surface area contributed by atoms with Gasteiger partial charge in [0, 0.05) is 44.3 Å². The molecule has 1 aliphatic rings. The summed E-state index contributed by atoms with van der Waals surface area (Å²) in [5, 5.41) is 7.74. The molecule has 0 saturated carbocycles. The average Bonchev–Trinajstić information content (AvgIpc) is 3.02. The van der Waals surface area contributed by atoms with E-state index in [9.17, 15) is 0 Å². The standard InChI is InChI=1S/C34H39N3/c1-5-13-29(14-6-1)25-33-34(26-30-15-7-2-8-16-30,27-31-17-9-3-10-18-31)37(24-23-35-21-22-36-33)28-32-19-11-4-12-20-32/h1-20,33,35-36H,21-28H2. The third kappa shape index (κ3) is 6.75. The van der Waals surface area contributed by atoms with Crippen molar-refractivity contribution in [2.45, 2.75) is 37.4 Å². The van der Waals surface area contributed by atoms with Crippen LogP contribution in [0.15, 0.2) is 121 Å². The first-order valence-corrected chi connectivity index (χ1v) is 13.7. The Morgan fingerprint density at radius 2 is 1.05 bits per heavy atom. The first-order chi connectivity index (χ1) is 18.3. The third-order valence-corrected chi connectivity index (χ3v) is 7.73. The summed E-state index contributed by atoms with van der Waals surface area (Å²) >= 11 is 0. The van der Waals surface area contributed by atoms with E-state index < -0.39 is 0 Å². The van der Waals surface area contributed by atoms with Crippen LogP contribution in [0.1, 0.15) is 22.3 Å². The van der Waals surface area contributed by atoms with Crippen LogP contribution in [0.25, 0.3) is 0 Å². The summed E-state index contributed by atoms with van der Waals surface area (Å²) in [6.07, 6.45) is 2.96. The van der Waals surface area contributed by atoms with Crippen molar-refractivity contribution >= 4 is 0 Å². The monoisotopic (exact) mass is 489 g/mol. The van der Waals surface area contributed by atoms with Gasteiger partial charge in [-0.05, 0) is 41.5 Å². The molecular weight excluding hydrogens is 450 g/mol. The fourth-order valence-corrected chi connectivity index (χ4v) is 5.89.